The van der Waals surface area contributed by atoms with Gasteiger partial charge in [0.2, 0.25) is 0 Å². The number of aromatic nitrogens is 3. The summed E-state index contributed by atoms with van der Waals surface area (Å²) in [6, 6.07) is 2.38. The summed E-state index contributed by atoms with van der Waals surface area (Å²) in [5.74, 6) is -0.275. The molecule has 8 nitrogen and oxygen atoms in total. The molecular formula is C14H15F3N4O4S. The number of carbonyl (C=O) groups excluding carboxylic acids is 1. The number of hydrogen-bond acceptors (Lipinski definition) is 7. The third-order valence-electron chi connectivity index (χ3n) is 3.33. The standard InChI is InChI=1S/C14H15F3N4O4S/c1-20(8-25-2)13-10(7-22)12(14(15,16)17)19-21(13)11-5-4-9(6-18-11)26(3,23)24/h4-7H,8H2,1-3H3. The van der Waals surface area contributed by atoms with Crippen molar-refractivity contribution >= 4 is 21.9 Å². The summed E-state index contributed by atoms with van der Waals surface area (Å²) in [5, 5.41) is 3.47. The smallest absolute Gasteiger partial charge is 0.364 e. The zero-order valence-electron chi connectivity index (χ0n) is 14.0. The Balaban J connectivity index is 2.70. The lowest BCUT2D eigenvalue weighted by Crippen LogP contribution is -2.24. The van der Waals surface area contributed by atoms with Crippen LogP contribution in [0.25, 0.3) is 5.82 Å². The van der Waals surface area contributed by atoms with Gasteiger partial charge < -0.3 is 9.64 Å². The van der Waals surface area contributed by atoms with Crippen molar-refractivity contribution in [1.29, 1.82) is 0 Å². The lowest BCUT2D eigenvalue weighted by molar-refractivity contribution is -0.141. The monoisotopic (exact) mass is 392 g/mol. The average molecular weight is 392 g/mol. The molecule has 2 heterocycles. The molecule has 0 atom stereocenters. The number of aldehydes is 1. The number of halogens is 3. The van der Waals surface area contributed by atoms with Crippen molar-refractivity contribution in [2.75, 3.05) is 32.0 Å². The molecule has 0 spiro atoms. The van der Waals surface area contributed by atoms with Crippen LogP contribution in [-0.2, 0) is 20.8 Å². The second kappa shape index (κ2) is 7.03. The lowest BCUT2D eigenvalue weighted by atomic mass is 10.2. The normalized spacial score (nSPS) is 12.2. The summed E-state index contributed by atoms with van der Waals surface area (Å²) in [5.41, 5.74) is -2.05. The molecule has 0 fully saturated rings. The van der Waals surface area contributed by atoms with E-state index in [-0.39, 0.29) is 29.5 Å². The molecule has 0 amide bonds. The maximum absolute atomic E-state index is 13.2. The van der Waals surface area contributed by atoms with Crippen molar-refractivity contribution in [2.24, 2.45) is 0 Å². The van der Waals surface area contributed by atoms with Gasteiger partial charge in [-0.25, -0.2) is 13.4 Å². The van der Waals surface area contributed by atoms with Gasteiger partial charge in [-0.1, -0.05) is 0 Å². The van der Waals surface area contributed by atoms with E-state index in [0.717, 1.165) is 17.1 Å². The first kappa shape index (κ1) is 19.8. The van der Waals surface area contributed by atoms with Gasteiger partial charge in [0.25, 0.3) is 0 Å². The van der Waals surface area contributed by atoms with Crippen LogP contribution in [0.2, 0.25) is 0 Å². The fourth-order valence-electron chi connectivity index (χ4n) is 2.24. The van der Waals surface area contributed by atoms with E-state index in [2.05, 4.69) is 10.1 Å². The van der Waals surface area contributed by atoms with Crippen molar-refractivity contribution < 1.29 is 31.1 Å². The van der Waals surface area contributed by atoms with E-state index in [9.17, 15) is 26.4 Å². The third kappa shape index (κ3) is 3.85. The molecule has 2 aromatic heterocycles. The van der Waals surface area contributed by atoms with Crippen LogP contribution in [0, 0.1) is 0 Å². The highest BCUT2D eigenvalue weighted by molar-refractivity contribution is 7.90. The number of pyridine rings is 1. The van der Waals surface area contributed by atoms with E-state index in [0.29, 0.717) is 0 Å². The van der Waals surface area contributed by atoms with Gasteiger partial charge >= 0.3 is 6.18 Å². The van der Waals surface area contributed by atoms with Gasteiger partial charge in [-0.3, -0.25) is 4.79 Å². The Morgan fingerprint density at radius 2 is 2.00 bits per heavy atom. The van der Waals surface area contributed by atoms with Crippen LogP contribution in [0.1, 0.15) is 16.1 Å². The van der Waals surface area contributed by atoms with Crippen molar-refractivity contribution in [2.45, 2.75) is 11.1 Å². The summed E-state index contributed by atoms with van der Waals surface area (Å²) in [6.07, 6.45) is -2.84. The molecule has 2 aromatic rings. The lowest BCUT2D eigenvalue weighted by Gasteiger charge is -2.19. The van der Waals surface area contributed by atoms with E-state index in [4.69, 9.17) is 4.74 Å². The summed E-state index contributed by atoms with van der Waals surface area (Å²) in [7, 11) is -0.780. The fraction of sp³-hybridized carbons (Fsp3) is 0.357. The number of carbonyl (C=O) groups is 1. The molecule has 0 unspecified atom stereocenters. The number of methoxy groups -OCH3 is 1. The van der Waals surface area contributed by atoms with E-state index in [1.165, 1.54) is 31.2 Å². The second-order valence-electron chi connectivity index (χ2n) is 5.35. The van der Waals surface area contributed by atoms with Gasteiger partial charge in [0, 0.05) is 26.6 Å². The predicted molar refractivity (Wildman–Crippen MR) is 85.1 cm³/mol. The molecule has 0 saturated carbocycles. The Labute approximate surface area is 147 Å². The molecule has 2 rings (SSSR count). The minimum Gasteiger partial charge on any atom is -0.364 e. The first-order valence-corrected chi connectivity index (χ1v) is 8.91. The van der Waals surface area contributed by atoms with Gasteiger partial charge in [0.1, 0.15) is 12.5 Å². The fourth-order valence-corrected chi connectivity index (χ4v) is 2.80. The van der Waals surface area contributed by atoms with Gasteiger partial charge in [-0.05, 0) is 12.1 Å². The number of alkyl halides is 3. The quantitative estimate of drug-likeness (QED) is 0.544. The maximum atomic E-state index is 13.2. The zero-order valence-corrected chi connectivity index (χ0v) is 14.8. The van der Waals surface area contributed by atoms with E-state index >= 15 is 0 Å². The summed E-state index contributed by atoms with van der Waals surface area (Å²) in [6.45, 7) is -0.120. The Kier molecular flexibility index (Phi) is 5.37. The summed E-state index contributed by atoms with van der Waals surface area (Å²) >= 11 is 0. The molecule has 0 aromatic carbocycles. The average Bonchev–Trinajstić information content (AvgIpc) is 2.94. The van der Waals surface area contributed by atoms with Crippen LogP contribution >= 0.6 is 0 Å². The second-order valence-corrected chi connectivity index (χ2v) is 7.37. The summed E-state index contributed by atoms with van der Waals surface area (Å²) in [4.78, 5) is 16.3. The predicted octanol–water partition coefficient (Wildman–Crippen LogP) is 1.54. The highest BCUT2D eigenvalue weighted by Crippen LogP contribution is 2.35. The highest BCUT2D eigenvalue weighted by atomic mass is 32.2. The van der Waals surface area contributed by atoms with Crippen molar-refractivity contribution in [1.82, 2.24) is 14.8 Å². The molecule has 0 N–H and O–H groups in total. The molecule has 0 radical (unpaired) electrons. The number of anilines is 1. The Morgan fingerprint density at radius 1 is 1.35 bits per heavy atom. The topological polar surface area (TPSA) is 94.4 Å². The minimum atomic E-state index is -4.86. The largest absolute Gasteiger partial charge is 0.435 e. The number of sulfone groups is 1. The Morgan fingerprint density at radius 3 is 2.42 bits per heavy atom. The molecular weight excluding hydrogens is 377 g/mol. The number of ether oxygens (including phenoxy) is 1. The molecule has 0 aliphatic heterocycles. The highest BCUT2D eigenvalue weighted by Gasteiger charge is 2.40. The maximum Gasteiger partial charge on any atom is 0.435 e. The van der Waals surface area contributed by atoms with Crippen LogP contribution in [0.4, 0.5) is 19.0 Å². The minimum absolute atomic E-state index is 0.0543. The van der Waals surface area contributed by atoms with Gasteiger partial charge in [-0.15, -0.1) is 0 Å². The van der Waals surface area contributed by atoms with Crippen LogP contribution < -0.4 is 4.90 Å². The van der Waals surface area contributed by atoms with Gasteiger partial charge in [0.05, 0.1) is 10.5 Å². The number of nitrogens with zero attached hydrogens (tertiary/aromatic N) is 4. The first-order valence-electron chi connectivity index (χ1n) is 7.02. The van der Waals surface area contributed by atoms with E-state index in [1.54, 1.807) is 0 Å². The SMILES string of the molecule is COCN(C)c1c(C=O)c(C(F)(F)F)nn1-c1ccc(S(C)(=O)=O)cn1. The van der Waals surface area contributed by atoms with Crippen LogP contribution in [-0.4, -0.2) is 56.6 Å². The van der Waals surface area contributed by atoms with Crippen LogP contribution in [0.3, 0.4) is 0 Å². The van der Waals surface area contributed by atoms with Crippen molar-refractivity contribution in [3.8, 4) is 5.82 Å². The summed E-state index contributed by atoms with van der Waals surface area (Å²) < 4.78 is 68.4. The zero-order chi connectivity index (χ0) is 19.7. The number of rotatable bonds is 6. The molecule has 0 saturated heterocycles. The van der Waals surface area contributed by atoms with Crippen LogP contribution in [0.15, 0.2) is 23.2 Å². The van der Waals surface area contributed by atoms with E-state index < -0.39 is 27.3 Å². The van der Waals surface area contributed by atoms with Crippen molar-refractivity contribution in [3.05, 3.63) is 29.6 Å². The van der Waals surface area contributed by atoms with Gasteiger partial charge in [-0.2, -0.15) is 23.0 Å². The Bertz CT molecular complexity index is 908. The first-order chi connectivity index (χ1) is 12.0. The third-order valence-corrected chi connectivity index (χ3v) is 4.43. The molecule has 142 valence electrons. The molecule has 26 heavy (non-hydrogen) atoms. The van der Waals surface area contributed by atoms with Crippen LogP contribution in [0.5, 0.6) is 0 Å². The molecule has 12 heteroatoms. The Hall–Kier alpha value is -2.47. The van der Waals surface area contributed by atoms with Gasteiger partial charge in [0.15, 0.2) is 27.6 Å². The van der Waals surface area contributed by atoms with Crippen molar-refractivity contribution in [3.63, 3.8) is 0 Å². The van der Waals surface area contributed by atoms with E-state index in [1.807, 2.05) is 0 Å². The molecule has 0 aliphatic carbocycles. The molecule has 0 aliphatic rings. The molecule has 0 bridgehead atoms. The number of hydrogen-bond donors (Lipinski definition) is 0.